The van der Waals surface area contributed by atoms with Gasteiger partial charge in [0.15, 0.2) is 0 Å². The highest BCUT2D eigenvalue weighted by molar-refractivity contribution is 6.30. The predicted octanol–water partition coefficient (Wildman–Crippen LogP) is 3.96. The van der Waals surface area contributed by atoms with Crippen LogP contribution in [0.1, 0.15) is 51.9 Å². The summed E-state index contributed by atoms with van der Waals surface area (Å²) in [6.45, 7) is 3.70. The summed E-state index contributed by atoms with van der Waals surface area (Å²) in [6.07, 6.45) is 6.70. The number of carboxylic acids is 1. The summed E-state index contributed by atoms with van der Waals surface area (Å²) in [5, 5.41) is 12.1. The van der Waals surface area contributed by atoms with Crippen LogP contribution in [0.2, 0.25) is 5.02 Å². The Bertz CT molecular complexity index is 1280. The van der Waals surface area contributed by atoms with Gasteiger partial charge in [0.25, 0.3) is 5.56 Å². The van der Waals surface area contributed by atoms with Gasteiger partial charge < -0.3 is 15.3 Å². The van der Waals surface area contributed by atoms with Gasteiger partial charge in [-0.25, -0.2) is 4.98 Å². The molecular weight excluding hydrogens is 482 g/mol. The summed E-state index contributed by atoms with van der Waals surface area (Å²) >= 11 is 6.04. The van der Waals surface area contributed by atoms with Gasteiger partial charge in [0, 0.05) is 54.9 Å². The average molecular weight is 514 g/mol. The maximum absolute atomic E-state index is 13.2. The van der Waals surface area contributed by atoms with Crippen molar-refractivity contribution in [2.75, 3.05) is 18.0 Å². The number of rotatable bonds is 11. The molecule has 192 valence electrons. The fourth-order valence-corrected chi connectivity index (χ4v) is 4.89. The van der Waals surface area contributed by atoms with E-state index in [2.05, 4.69) is 21.7 Å². The minimum Gasteiger partial charge on any atom is -0.481 e. The Morgan fingerprint density at radius 3 is 2.72 bits per heavy atom. The predicted molar refractivity (Wildman–Crippen MR) is 140 cm³/mol. The van der Waals surface area contributed by atoms with E-state index in [0.29, 0.717) is 23.0 Å². The highest BCUT2D eigenvalue weighted by atomic mass is 35.5. The van der Waals surface area contributed by atoms with Gasteiger partial charge in [0.2, 0.25) is 11.7 Å². The summed E-state index contributed by atoms with van der Waals surface area (Å²) < 4.78 is 3.68. The third-order valence-corrected chi connectivity index (χ3v) is 6.83. The minimum absolute atomic E-state index is 0.0696. The Morgan fingerprint density at radius 1 is 1.22 bits per heavy atom. The molecule has 1 atom stereocenters. The third-order valence-electron chi connectivity index (χ3n) is 6.57. The number of carboxylic acid groups (broad SMARTS) is 1. The first kappa shape index (κ1) is 25.8. The highest BCUT2D eigenvalue weighted by Gasteiger charge is 2.30. The van der Waals surface area contributed by atoms with Crippen molar-refractivity contribution in [1.82, 2.24) is 19.3 Å². The minimum atomic E-state index is -0.945. The number of fused-ring (bicyclic) bond motifs is 1. The number of carbonyl (C=O) groups is 2. The number of aromatic nitrogens is 3. The standard InChI is InChI=1S/C26H32ClN5O4/c1-2-3-4-13-31-23(30-14-5-6-20(30)15-22(33)28-12-11-25(35)36)16-24(34)32-17-21(29-26(31)32)18-7-9-19(27)10-8-18/h7-10,16-17,20H,2-6,11-15H2,1H3,(H,28,33)(H,35,36)/t20-/m0/s1. The molecule has 0 bridgehead atoms. The number of amides is 1. The molecule has 1 saturated heterocycles. The zero-order valence-corrected chi connectivity index (χ0v) is 21.2. The van der Waals surface area contributed by atoms with Gasteiger partial charge in [-0.2, -0.15) is 0 Å². The molecule has 1 aliphatic heterocycles. The molecule has 10 heteroatoms. The quantitative estimate of drug-likeness (QED) is 0.376. The zero-order valence-electron chi connectivity index (χ0n) is 20.5. The summed E-state index contributed by atoms with van der Waals surface area (Å²) in [5.41, 5.74) is 1.40. The molecule has 9 nitrogen and oxygen atoms in total. The van der Waals surface area contributed by atoms with Crippen molar-refractivity contribution < 1.29 is 14.7 Å². The normalized spacial score (nSPS) is 15.5. The number of aliphatic carboxylic acids is 1. The molecule has 1 fully saturated rings. The van der Waals surface area contributed by atoms with Crippen LogP contribution in [0.15, 0.2) is 41.3 Å². The fourth-order valence-electron chi connectivity index (χ4n) is 4.76. The van der Waals surface area contributed by atoms with Crippen molar-refractivity contribution in [3.63, 3.8) is 0 Å². The molecule has 0 unspecified atom stereocenters. The van der Waals surface area contributed by atoms with Crippen LogP contribution in [0.5, 0.6) is 0 Å². The highest BCUT2D eigenvalue weighted by Crippen LogP contribution is 2.29. The monoisotopic (exact) mass is 513 g/mol. The topological polar surface area (TPSA) is 109 Å². The molecule has 0 aliphatic carbocycles. The number of hydrogen-bond donors (Lipinski definition) is 2. The molecule has 1 aromatic carbocycles. The lowest BCUT2D eigenvalue weighted by atomic mass is 10.1. The molecule has 0 spiro atoms. The smallest absolute Gasteiger partial charge is 0.305 e. The summed E-state index contributed by atoms with van der Waals surface area (Å²) in [6, 6.07) is 8.95. The van der Waals surface area contributed by atoms with Crippen LogP contribution in [0, 0.1) is 0 Å². The number of anilines is 1. The molecule has 3 heterocycles. The second kappa shape index (κ2) is 11.6. The average Bonchev–Trinajstić information content (AvgIpc) is 3.48. The van der Waals surface area contributed by atoms with Crippen molar-refractivity contribution in [2.45, 2.75) is 64.5 Å². The molecule has 0 saturated carbocycles. The summed E-state index contributed by atoms with van der Waals surface area (Å²) in [7, 11) is 0. The number of carbonyl (C=O) groups excluding carboxylic acids is 1. The molecule has 4 rings (SSSR count). The largest absolute Gasteiger partial charge is 0.481 e. The Labute approximate surface area is 214 Å². The number of halogens is 1. The van der Waals surface area contributed by atoms with Crippen LogP contribution in [-0.2, 0) is 16.1 Å². The van der Waals surface area contributed by atoms with Crippen molar-refractivity contribution in [2.24, 2.45) is 0 Å². The maximum Gasteiger partial charge on any atom is 0.305 e. The first-order valence-corrected chi connectivity index (χ1v) is 12.9. The molecule has 1 amide bonds. The maximum atomic E-state index is 13.2. The van der Waals surface area contributed by atoms with Crippen LogP contribution in [-0.4, -0.2) is 50.1 Å². The van der Waals surface area contributed by atoms with Gasteiger partial charge in [-0.05, 0) is 31.4 Å². The number of nitrogens with one attached hydrogen (secondary N) is 1. The van der Waals surface area contributed by atoms with Gasteiger partial charge in [0.05, 0.1) is 12.1 Å². The third kappa shape index (κ3) is 5.90. The van der Waals surface area contributed by atoms with Crippen LogP contribution < -0.4 is 15.8 Å². The second-order valence-electron chi connectivity index (χ2n) is 9.19. The first-order chi connectivity index (χ1) is 17.4. The van der Waals surface area contributed by atoms with Crippen LogP contribution in [0.4, 0.5) is 5.82 Å². The molecule has 3 aromatic rings. The van der Waals surface area contributed by atoms with Gasteiger partial charge >= 0.3 is 5.97 Å². The lowest BCUT2D eigenvalue weighted by Gasteiger charge is -2.29. The fraction of sp³-hybridized carbons (Fsp3) is 0.462. The van der Waals surface area contributed by atoms with E-state index in [1.807, 2.05) is 12.1 Å². The summed E-state index contributed by atoms with van der Waals surface area (Å²) in [5.74, 6) is 0.229. The van der Waals surface area contributed by atoms with Crippen molar-refractivity contribution >= 4 is 35.1 Å². The van der Waals surface area contributed by atoms with Crippen LogP contribution in [0.3, 0.4) is 0 Å². The molecular formula is C26H32ClN5O4. The number of benzene rings is 1. The van der Waals surface area contributed by atoms with E-state index in [9.17, 15) is 14.4 Å². The SMILES string of the molecule is CCCCCn1c(N2CCC[C@H]2CC(=O)NCCC(=O)O)cc(=O)n2cc(-c3ccc(Cl)cc3)nc12. The number of hydrogen-bond acceptors (Lipinski definition) is 5. The molecule has 36 heavy (non-hydrogen) atoms. The Hall–Kier alpha value is -3.33. The van der Waals surface area contributed by atoms with Crippen LogP contribution in [0.25, 0.3) is 17.0 Å². The van der Waals surface area contributed by atoms with E-state index in [-0.39, 0.29) is 36.9 Å². The number of unbranched alkanes of at least 4 members (excludes halogenated alkanes) is 2. The van der Waals surface area contributed by atoms with Gasteiger partial charge in [-0.15, -0.1) is 0 Å². The lowest BCUT2D eigenvalue weighted by molar-refractivity contribution is -0.136. The Kier molecular flexibility index (Phi) is 8.30. The van der Waals surface area contributed by atoms with Gasteiger partial charge in [-0.1, -0.05) is 43.5 Å². The zero-order chi connectivity index (χ0) is 25.7. The number of nitrogens with zero attached hydrogens (tertiary/aromatic N) is 4. The number of imidazole rings is 1. The van der Waals surface area contributed by atoms with E-state index >= 15 is 0 Å². The molecule has 2 aromatic heterocycles. The number of aryl methyl sites for hydroxylation is 1. The van der Waals surface area contributed by atoms with E-state index in [1.54, 1.807) is 28.8 Å². The molecule has 2 N–H and O–H groups in total. The van der Waals surface area contributed by atoms with E-state index in [1.165, 1.54) is 0 Å². The molecule has 1 aliphatic rings. The Morgan fingerprint density at radius 2 is 2.00 bits per heavy atom. The van der Waals surface area contributed by atoms with Crippen molar-refractivity contribution in [1.29, 1.82) is 0 Å². The van der Waals surface area contributed by atoms with E-state index in [4.69, 9.17) is 21.7 Å². The van der Waals surface area contributed by atoms with Gasteiger partial charge in [0.1, 0.15) is 5.82 Å². The van der Waals surface area contributed by atoms with E-state index in [0.717, 1.165) is 50.0 Å². The van der Waals surface area contributed by atoms with Crippen molar-refractivity contribution in [3.05, 3.63) is 51.9 Å². The second-order valence-corrected chi connectivity index (χ2v) is 9.63. The van der Waals surface area contributed by atoms with E-state index < -0.39 is 5.97 Å². The first-order valence-electron chi connectivity index (χ1n) is 12.5. The molecule has 0 radical (unpaired) electrons. The summed E-state index contributed by atoms with van der Waals surface area (Å²) in [4.78, 5) is 43.4. The Balaban J connectivity index is 1.68. The lowest BCUT2D eigenvalue weighted by Crippen LogP contribution is -2.38. The van der Waals surface area contributed by atoms with Gasteiger partial charge in [-0.3, -0.25) is 23.4 Å². The van der Waals surface area contributed by atoms with Crippen molar-refractivity contribution in [3.8, 4) is 11.3 Å². The van der Waals surface area contributed by atoms with Crippen LogP contribution >= 0.6 is 11.6 Å².